The third kappa shape index (κ3) is 6.61. The smallest absolute Gasteiger partial charge is 0.325 e. The second kappa shape index (κ2) is 10.7. The summed E-state index contributed by atoms with van der Waals surface area (Å²) in [5, 5.41) is 0. The number of likely N-dealkylation sites (N-methyl/N-ethyl adjacent to an activating group) is 1. The van der Waals surface area contributed by atoms with Crippen LogP contribution in [0, 0.1) is 5.92 Å². The summed E-state index contributed by atoms with van der Waals surface area (Å²) >= 11 is 0. The molecule has 2 heterocycles. The Morgan fingerprint density at radius 3 is 2.35 bits per heavy atom. The summed E-state index contributed by atoms with van der Waals surface area (Å²) in [4.78, 5) is 19.1. The molecule has 0 radical (unpaired) electrons. The molecule has 0 aliphatic carbocycles. The number of nitrogens with zero attached hydrogens (tertiary/aromatic N) is 3. The highest BCUT2D eigenvalue weighted by molar-refractivity contribution is 5.74. The highest BCUT2D eigenvalue weighted by Crippen LogP contribution is 2.30. The molecule has 0 N–H and O–H groups in total. The summed E-state index contributed by atoms with van der Waals surface area (Å²) in [7, 11) is 0. The van der Waals surface area contributed by atoms with Crippen molar-refractivity contribution in [2.45, 2.75) is 64.6 Å². The third-order valence-corrected chi connectivity index (χ3v) is 6.82. The van der Waals surface area contributed by atoms with Gasteiger partial charge in [0.25, 0.3) is 0 Å². The SMILES string of the molecule is CCN(CC1CCN(C(=O)N2CCCCC2)CC1)C(C)Cc1cccc(C(F)(F)F)c1. The summed E-state index contributed by atoms with van der Waals surface area (Å²) < 4.78 is 39.0. The first kappa shape index (κ1) is 23.9. The van der Waals surface area contributed by atoms with Gasteiger partial charge in [-0.15, -0.1) is 0 Å². The average molecular weight is 440 g/mol. The zero-order valence-corrected chi connectivity index (χ0v) is 18.8. The van der Waals surface area contributed by atoms with Gasteiger partial charge in [0, 0.05) is 38.8 Å². The minimum absolute atomic E-state index is 0.168. The third-order valence-electron chi connectivity index (χ3n) is 6.82. The molecule has 7 heteroatoms. The number of amides is 2. The van der Waals surface area contributed by atoms with Gasteiger partial charge in [0.2, 0.25) is 0 Å². The number of urea groups is 1. The molecule has 1 atom stereocenters. The van der Waals surface area contributed by atoms with E-state index < -0.39 is 11.7 Å². The van der Waals surface area contributed by atoms with E-state index in [0.29, 0.717) is 12.3 Å². The number of benzene rings is 1. The molecule has 1 aromatic carbocycles. The molecule has 1 aromatic rings. The molecule has 2 aliphatic rings. The van der Waals surface area contributed by atoms with Gasteiger partial charge >= 0.3 is 12.2 Å². The Bertz CT molecular complexity index is 710. The number of hydrogen-bond acceptors (Lipinski definition) is 2. The van der Waals surface area contributed by atoms with Crippen molar-refractivity contribution in [2.75, 3.05) is 39.3 Å². The molecule has 174 valence electrons. The Hall–Kier alpha value is -1.76. The largest absolute Gasteiger partial charge is 0.416 e. The average Bonchev–Trinajstić information content (AvgIpc) is 2.77. The van der Waals surface area contributed by atoms with Gasteiger partial charge in [0.05, 0.1) is 5.56 Å². The lowest BCUT2D eigenvalue weighted by Crippen LogP contribution is -2.49. The first-order chi connectivity index (χ1) is 14.8. The lowest BCUT2D eigenvalue weighted by molar-refractivity contribution is -0.137. The monoisotopic (exact) mass is 439 g/mol. The molecule has 1 unspecified atom stereocenters. The second-order valence-electron chi connectivity index (χ2n) is 9.10. The van der Waals surface area contributed by atoms with E-state index in [1.165, 1.54) is 18.6 Å². The molecular weight excluding hydrogens is 403 g/mol. The summed E-state index contributed by atoms with van der Waals surface area (Å²) in [6.45, 7) is 9.38. The van der Waals surface area contributed by atoms with E-state index in [9.17, 15) is 18.0 Å². The van der Waals surface area contributed by atoms with Crippen LogP contribution in [0.15, 0.2) is 24.3 Å². The molecule has 0 spiro atoms. The number of carbonyl (C=O) groups excluding carboxylic acids is 1. The zero-order valence-electron chi connectivity index (χ0n) is 18.8. The van der Waals surface area contributed by atoms with Crippen LogP contribution in [0.2, 0.25) is 0 Å². The Kier molecular flexibility index (Phi) is 8.25. The molecule has 3 rings (SSSR count). The maximum atomic E-state index is 13.0. The molecule has 0 saturated carbocycles. The van der Waals surface area contributed by atoms with E-state index >= 15 is 0 Å². The highest BCUT2D eigenvalue weighted by Gasteiger charge is 2.31. The van der Waals surface area contributed by atoms with Crippen molar-refractivity contribution in [1.82, 2.24) is 14.7 Å². The van der Waals surface area contributed by atoms with Crippen LogP contribution in [-0.4, -0.2) is 66.0 Å². The summed E-state index contributed by atoms with van der Waals surface area (Å²) in [5.74, 6) is 0.523. The van der Waals surface area contributed by atoms with Crippen LogP contribution in [0.25, 0.3) is 0 Å². The fraction of sp³-hybridized carbons (Fsp3) is 0.708. The molecule has 0 bridgehead atoms. The first-order valence-corrected chi connectivity index (χ1v) is 11.7. The Labute approximate surface area is 184 Å². The van der Waals surface area contributed by atoms with Crippen molar-refractivity contribution in [3.63, 3.8) is 0 Å². The fourth-order valence-corrected chi connectivity index (χ4v) is 4.89. The normalized spacial score (nSPS) is 19.7. The van der Waals surface area contributed by atoms with Gasteiger partial charge in [-0.3, -0.25) is 0 Å². The van der Waals surface area contributed by atoms with Crippen molar-refractivity contribution in [1.29, 1.82) is 0 Å². The maximum absolute atomic E-state index is 13.0. The van der Waals surface area contributed by atoms with E-state index in [1.54, 1.807) is 6.07 Å². The standard InChI is InChI=1S/C24H36F3N3O/c1-3-28(19(2)16-21-8-7-9-22(17-21)24(25,26)27)18-20-10-14-30(15-11-20)23(31)29-12-5-4-6-13-29/h7-9,17,19-20H,3-6,10-16,18H2,1-2H3. The first-order valence-electron chi connectivity index (χ1n) is 11.7. The van der Waals surface area contributed by atoms with E-state index in [0.717, 1.165) is 76.6 Å². The number of likely N-dealkylation sites (tertiary alicyclic amines) is 2. The van der Waals surface area contributed by atoms with Gasteiger partial charge in [-0.05, 0) is 69.5 Å². The molecule has 0 aromatic heterocycles. The Morgan fingerprint density at radius 1 is 1.10 bits per heavy atom. The van der Waals surface area contributed by atoms with E-state index in [-0.39, 0.29) is 12.1 Å². The predicted octanol–water partition coefficient (Wildman–Crippen LogP) is 5.28. The number of alkyl halides is 3. The number of rotatable bonds is 6. The molecule has 4 nitrogen and oxygen atoms in total. The van der Waals surface area contributed by atoms with Gasteiger partial charge in [0.1, 0.15) is 0 Å². The summed E-state index contributed by atoms with van der Waals surface area (Å²) in [5.41, 5.74) is 0.147. The van der Waals surface area contributed by atoms with Crippen LogP contribution >= 0.6 is 0 Å². The predicted molar refractivity (Wildman–Crippen MR) is 117 cm³/mol. The van der Waals surface area contributed by atoms with Crippen LogP contribution < -0.4 is 0 Å². The molecule has 2 fully saturated rings. The van der Waals surface area contributed by atoms with Crippen LogP contribution in [0.3, 0.4) is 0 Å². The van der Waals surface area contributed by atoms with Crippen molar-refractivity contribution in [3.8, 4) is 0 Å². The number of carbonyl (C=O) groups is 1. The van der Waals surface area contributed by atoms with Crippen molar-refractivity contribution < 1.29 is 18.0 Å². The number of halogens is 3. The van der Waals surface area contributed by atoms with Crippen molar-refractivity contribution >= 4 is 6.03 Å². The zero-order chi connectivity index (χ0) is 22.4. The fourth-order valence-electron chi connectivity index (χ4n) is 4.89. The van der Waals surface area contributed by atoms with Crippen molar-refractivity contribution in [2.24, 2.45) is 5.92 Å². The minimum Gasteiger partial charge on any atom is -0.325 e. The van der Waals surface area contributed by atoms with Crippen LogP contribution in [0.5, 0.6) is 0 Å². The van der Waals surface area contributed by atoms with E-state index in [4.69, 9.17) is 0 Å². The summed E-state index contributed by atoms with van der Waals surface area (Å²) in [6.07, 6.45) is 1.72. The van der Waals surface area contributed by atoms with Gasteiger partial charge < -0.3 is 14.7 Å². The molecular formula is C24H36F3N3O. The molecule has 2 aliphatic heterocycles. The van der Waals surface area contributed by atoms with E-state index in [1.807, 2.05) is 9.80 Å². The highest BCUT2D eigenvalue weighted by atomic mass is 19.4. The number of hydrogen-bond donors (Lipinski definition) is 0. The van der Waals surface area contributed by atoms with E-state index in [2.05, 4.69) is 18.7 Å². The second-order valence-corrected chi connectivity index (χ2v) is 9.10. The van der Waals surface area contributed by atoms with Crippen LogP contribution in [0.4, 0.5) is 18.0 Å². The topological polar surface area (TPSA) is 26.8 Å². The Morgan fingerprint density at radius 2 is 1.74 bits per heavy atom. The number of piperidine rings is 2. The lowest BCUT2D eigenvalue weighted by Gasteiger charge is -2.39. The van der Waals surface area contributed by atoms with Crippen LogP contribution in [-0.2, 0) is 12.6 Å². The Balaban J connectivity index is 1.49. The lowest BCUT2D eigenvalue weighted by atomic mass is 9.95. The van der Waals surface area contributed by atoms with Crippen molar-refractivity contribution in [3.05, 3.63) is 35.4 Å². The van der Waals surface area contributed by atoms with Crippen LogP contribution in [0.1, 0.15) is 57.1 Å². The quantitative estimate of drug-likeness (QED) is 0.603. The maximum Gasteiger partial charge on any atom is 0.416 e. The van der Waals surface area contributed by atoms with Gasteiger partial charge in [-0.2, -0.15) is 13.2 Å². The molecule has 31 heavy (non-hydrogen) atoms. The minimum atomic E-state index is -4.30. The molecule has 2 saturated heterocycles. The summed E-state index contributed by atoms with van der Waals surface area (Å²) in [6, 6.07) is 6.05. The van der Waals surface area contributed by atoms with Gasteiger partial charge in [-0.25, -0.2) is 4.79 Å². The van der Waals surface area contributed by atoms with Gasteiger partial charge in [0.15, 0.2) is 0 Å². The van der Waals surface area contributed by atoms with Gasteiger partial charge in [-0.1, -0.05) is 25.1 Å². The molecule has 2 amide bonds.